The van der Waals surface area contributed by atoms with Crippen LogP contribution in [-0.4, -0.2) is 11.3 Å². The van der Waals surface area contributed by atoms with E-state index in [1.54, 1.807) is 12.3 Å². The standard InChI is InChI=1S/C21H19NO2/c23-15-19-7-11-20(22-14-19)10-6-17-8-12-21(13-9-17)24-16-18-4-2-1-3-5-18/h1-5,7-9,11-15H,6,10,16H2. The van der Waals surface area contributed by atoms with Crippen molar-refractivity contribution in [1.29, 1.82) is 0 Å². The smallest absolute Gasteiger partial charge is 0.151 e. The van der Waals surface area contributed by atoms with Gasteiger partial charge in [-0.05, 0) is 48.2 Å². The van der Waals surface area contributed by atoms with Crippen LogP contribution in [0.3, 0.4) is 0 Å². The van der Waals surface area contributed by atoms with E-state index < -0.39 is 0 Å². The highest BCUT2D eigenvalue weighted by molar-refractivity contribution is 5.73. The van der Waals surface area contributed by atoms with Gasteiger partial charge in [-0.3, -0.25) is 9.78 Å². The number of hydrogen-bond donors (Lipinski definition) is 0. The molecule has 0 radical (unpaired) electrons. The summed E-state index contributed by atoms with van der Waals surface area (Å²) < 4.78 is 5.79. The molecule has 120 valence electrons. The van der Waals surface area contributed by atoms with Gasteiger partial charge in [0.1, 0.15) is 12.4 Å². The molecule has 0 atom stereocenters. The maximum absolute atomic E-state index is 10.6. The Bertz CT molecular complexity index is 765. The first-order valence-corrected chi connectivity index (χ1v) is 7.99. The lowest BCUT2D eigenvalue weighted by Gasteiger charge is -2.07. The molecule has 3 aromatic rings. The summed E-state index contributed by atoms with van der Waals surface area (Å²) in [4.78, 5) is 14.9. The second kappa shape index (κ2) is 8.06. The summed E-state index contributed by atoms with van der Waals surface area (Å²) >= 11 is 0. The van der Waals surface area contributed by atoms with E-state index in [1.165, 1.54) is 5.56 Å². The third-order valence-corrected chi connectivity index (χ3v) is 3.83. The number of benzene rings is 2. The Kier molecular flexibility index (Phi) is 5.36. The maximum Gasteiger partial charge on any atom is 0.151 e. The highest BCUT2D eigenvalue weighted by atomic mass is 16.5. The molecule has 0 saturated heterocycles. The van der Waals surface area contributed by atoms with Gasteiger partial charge in [-0.1, -0.05) is 42.5 Å². The van der Waals surface area contributed by atoms with Crippen LogP contribution in [0.1, 0.15) is 27.2 Å². The molecule has 3 nitrogen and oxygen atoms in total. The number of nitrogens with zero attached hydrogens (tertiary/aromatic N) is 1. The van der Waals surface area contributed by atoms with E-state index in [1.807, 2.05) is 36.4 Å². The number of carbonyl (C=O) groups is 1. The highest BCUT2D eigenvalue weighted by Gasteiger charge is 2.00. The fraction of sp³-hybridized carbons (Fsp3) is 0.143. The highest BCUT2D eigenvalue weighted by Crippen LogP contribution is 2.15. The zero-order valence-corrected chi connectivity index (χ0v) is 13.4. The first kappa shape index (κ1) is 15.9. The molecule has 3 rings (SSSR count). The van der Waals surface area contributed by atoms with Crippen molar-refractivity contribution in [2.24, 2.45) is 0 Å². The molecule has 0 unspecified atom stereocenters. The van der Waals surface area contributed by atoms with Crippen molar-refractivity contribution in [2.45, 2.75) is 19.4 Å². The van der Waals surface area contributed by atoms with Gasteiger partial charge in [0.2, 0.25) is 0 Å². The summed E-state index contributed by atoms with van der Waals surface area (Å²) in [6.07, 6.45) is 4.18. The van der Waals surface area contributed by atoms with Crippen molar-refractivity contribution < 1.29 is 9.53 Å². The Balaban J connectivity index is 1.51. The zero-order valence-electron chi connectivity index (χ0n) is 13.4. The van der Waals surface area contributed by atoms with Crippen LogP contribution in [0.4, 0.5) is 0 Å². The number of aromatic nitrogens is 1. The third-order valence-electron chi connectivity index (χ3n) is 3.83. The van der Waals surface area contributed by atoms with E-state index in [0.29, 0.717) is 12.2 Å². The lowest BCUT2D eigenvalue weighted by molar-refractivity contribution is 0.112. The van der Waals surface area contributed by atoms with Gasteiger partial charge in [-0.25, -0.2) is 0 Å². The van der Waals surface area contributed by atoms with Crippen molar-refractivity contribution in [3.05, 3.63) is 95.3 Å². The van der Waals surface area contributed by atoms with Gasteiger partial charge < -0.3 is 4.74 Å². The van der Waals surface area contributed by atoms with Crippen LogP contribution in [0.2, 0.25) is 0 Å². The number of pyridine rings is 1. The van der Waals surface area contributed by atoms with Crippen LogP contribution >= 0.6 is 0 Å². The van der Waals surface area contributed by atoms with Crippen molar-refractivity contribution in [2.75, 3.05) is 0 Å². The van der Waals surface area contributed by atoms with Gasteiger partial charge in [0.25, 0.3) is 0 Å². The first-order valence-electron chi connectivity index (χ1n) is 7.99. The molecule has 24 heavy (non-hydrogen) atoms. The number of ether oxygens (including phenoxy) is 1. The molecule has 0 N–H and O–H groups in total. The van der Waals surface area contributed by atoms with Gasteiger partial charge in [-0.2, -0.15) is 0 Å². The minimum absolute atomic E-state index is 0.577. The summed E-state index contributed by atoms with van der Waals surface area (Å²) in [6.45, 7) is 0.577. The SMILES string of the molecule is O=Cc1ccc(CCc2ccc(OCc3ccccc3)cc2)nc1. The van der Waals surface area contributed by atoms with Crippen LogP contribution in [0, 0.1) is 0 Å². The Morgan fingerprint density at radius 3 is 2.29 bits per heavy atom. The van der Waals surface area contributed by atoms with Crippen molar-refractivity contribution in [3.8, 4) is 5.75 Å². The molecule has 0 fully saturated rings. The maximum atomic E-state index is 10.6. The number of rotatable bonds is 7. The lowest BCUT2D eigenvalue weighted by Crippen LogP contribution is -1.97. The topological polar surface area (TPSA) is 39.2 Å². The van der Waals surface area contributed by atoms with E-state index in [2.05, 4.69) is 29.2 Å². The van der Waals surface area contributed by atoms with E-state index in [9.17, 15) is 4.79 Å². The average molecular weight is 317 g/mol. The third kappa shape index (κ3) is 4.53. The molecule has 0 aliphatic carbocycles. The Morgan fingerprint density at radius 1 is 0.833 bits per heavy atom. The van der Waals surface area contributed by atoms with Gasteiger partial charge in [0, 0.05) is 17.5 Å². The molecule has 3 heteroatoms. The predicted molar refractivity (Wildman–Crippen MR) is 94.2 cm³/mol. The van der Waals surface area contributed by atoms with E-state index >= 15 is 0 Å². The van der Waals surface area contributed by atoms with Crippen LogP contribution < -0.4 is 4.74 Å². The molecule has 1 heterocycles. The predicted octanol–water partition coefficient (Wildman–Crippen LogP) is 4.26. The molecule has 0 amide bonds. The minimum atomic E-state index is 0.577. The normalized spacial score (nSPS) is 10.3. The largest absolute Gasteiger partial charge is 0.489 e. The van der Waals surface area contributed by atoms with Crippen molar-refractivity contribution >= 4 is 6.29 Å². The van der Waals surface area contributed by atoms with Crippen LogP contribution in [0.15, 0.2) is 72.9 Å². The van der Waals surface area contributed by atoms with E-state index in [0.717, 1.165) is 36.1 Å². The minimum Gasteiger partial charge on any atom is -0.489 e. The summed E-state index contributed by atoms with van der Waals surface area (Å²) in [5, 5.41) is 0. The Hall–Kier alpha value is -2.94. The van der Waals surface area contributed by atoms with Gasteiger partial charge in [0.15, 0.2) is 6.29 Å². The van der Waals surface area contributed by atoms with Crippen LogP contribution in [0.25, 0.3) is 0 Å². The number of carbonyl (C=O) groups excluding carboxylic acids is 1. The average Bonchev–Trinajstić information content (AvgIpc) is 2.67. The number of aldehydes is 1. The zero-order chi connectivity index (χ0) is 16.6. The molecular weight excluding hydrogens is 298 g/mol. The molecule has 0 aliphatic rings. The lowest BCUT2D eigenvalue weighted by atomic mass is 10.1. The van der Waals surface area contributed by atoms with Gasteiger partial charge in [0.05, 0.1) is 0 Å². The summed E-state index contributed by atoms with van der Waals surface area (Å²) in [5.41, 5.74) is 4.00. The second-order valence-corrected chi connectivity index (χ2v) is 5.62. The van der Waals surface area contributed by atoms with Crippen molar-refractivity contribution in [3.63, 3.8) is 0 Å². The van der Waals surface area contributed by atoms with E-state index in [-0.39, 0.29) is 0 Å². The number of aryl methyl sites for hydroxylation is 2. The Labute approximate surface area is 142 Å². The fourth-order valence-electron chi connectivity index (χ4n) is 2.42. The summed E-state index contributed by atoms with van der Waals surface area (Å²) in [6, 6.07) is 22.0. The van der Waals surface area contributed by atoms with Crippen LogP contribution in [-0.2, 0) is 19.4 Å². The Morgan fingerprint density at radius 2 is 1.62 bits per heavy atom. The van der Waals surface area contributed by atoms with Crippen LogP contribution in [0.5, 0.6) is 5.75 Å². The molecule has 1 aromatic heterocycles. The first-order chi connectivity index (χ1) is 11.8. The monoisotopic (exact) mass is 317 g/mol. The second-order valence-electron chi connectivity index (χ2n) is 5.62. The quantitative estimate of drug-likeness (QED) is 0.611. The van der Waals surface area contributed by atoms with E-state index in [4.69, 9.17) is 4.74 Å². The fourth-order valence-corrected chi connectivity index (χ4v) is 2.42. The molecular formula is C21H19NO2. The summed E-state index contributed by atoms with van der Waals surface area (Å²) in [5.74, 6) is 0.871. The van der Waals surface area contributed by atoms with Crippen molar-refractivity contribution in [1.82, 2.24) is 4.98 Å². The molecule has 0 aliphatic heterocycles. The summed E-state index contributed by atoms with van der Waals surface area (Å²) in [7, 11) is 0. The molecule has 0 spiro atoms. The van der Waals surface area contributed by atoms with Gasteiger partial charge >= 0.3 is 0 Å². The molecule has 0 saturated carbocycles. The molecule has 0 bridgehead atoms. The molecule has 2 aromatic carbocycles. The number of hydrogen-bond acceptors (Lipinski definition) is 3. The van der Waals surface area contributed by atoms with Gasteiger partial charge in [-0.15, -0.1) is 0 Å².